The second-order valence-corrected chi connectivity index (χ2v) is 8.24. The number of amides is 2. The van der Waals surface area contributed by atoms with Crippen LogP contribution in [0, 0.1) is 0 Å². The Bertz CT molecular complexity index is 789. The van der Waals surface area contributed by atoms with Crippen molar-refractivity contribution in [2.45, 2.75) is 37.0 Å². The number of nitrogens with zero attached hydrogens (tertiary/aromatic N) is 2. The molecule has 0 bridgehead atoms. The molecule has 2 fully saturated rings. The Hall–Kier alpha value is -2.05. The number of ether oxygens (including phenoxy) is 1. The Morgan fingerprint density at radius 2 is 2.14 bits per heavy atom. The molecule has 0 radical (unpaired) electrons. The lowest BCUT2D eigenvalue weighted by molar-refractivity contribution is 0.0500. The van der Waals surface area contributed by atoms with E-state index < -0.39 is 0 Å². The third kappa shape index (κ3) is 4.03. The molecule has 0 saturated carbocycles. The molecule has 6 nitrogen and oxygen atoms in total. The normalized spacial score (nSPS) is 22.0. The molecule has 1 atom stereocenters. The summed E-state index contributed by atoms with van der Waals surface area (Å²) in [6, 6.07) is 9.97. The van der Waals surface area contributed by atoms with Crippen LogP contribution in [0.5, 0.6) is 0 Å². The van der Waals surface area contributed by atoms with Crippen LogP contribution in [0.2, 0.25) is 5.02 Å². The van der Waals surface area contributed by atoms with Gasteiger partial charge in [0.2, 0.25) is 0 Å². The molecule has 28 heavy (non-hydrogen) atoms. The lowest BCUT2D eigenvalue weighted by Crippen LogP contribution is -2.50. The fraction of sp³-hybridized carbons (Fsp3) is 0.524. The number of benzene rings is 1. The molecule has 1 aromatic carbocycles. The lowest BCUT2D eigenvalue weighted by Gasteiger charge is -2.39. The topological polar surface area (TPSA) is 70.2 Å². The number of H-pyrrole nitrogens is 1. The summed E-state index contributed by atoms with van der Waals surface area (Å²) in [7, 11) is 0. The molecule has 7 heteroatoms. The van der Waals surface area contributed by atoms with E-state index in [9.17, 15) is 4.79 Å². The predicted molar refractivity (Wildman–Crippen MR) is 109 cm³/mol. The van der Waals surface area contributed by atoms with E-state index >= 15 is 0 Å². The van der Waals surface area contributed by atoms with Crippen molar-refractivity contribution in [2.75, 3.05) is 32.8 Å². The van der Waals surface area contributed by atoms with E-state index in [0.29, 0.717) is 25.7 Å². The van der Waals surface area contributed by atoms with Crippen molar-refractivity contribution in [1.82, 2.24) is 20.4 Å². The van der Waals surface area contributed by atoms with Crippen LogP contribution in [0.25, 0.3) is 0 Å². The fourth-order valence-corrected chi connectivity index (χ4v) is 4.80. The Balaban J connectivity index is 1.44. The summed E-state index contributed by atoms with van der Waals surface area (Å²) in [5.41, 5.74) is 2.04. The molecule has 0 spiro atoms. The molecule has 3 heterocycles. The number of halogens is 1. The maximum absolute atomic E-state index is 12.9. The van der Waals surface area contributed by atoms with Crippen molar-refractivity contribution in [1.29, 1.82) is 0 Å². The maximum atomic E-state index is 12.9. The van der Waals surface area contributed by atoms with Crippen LogP contribution in [0.1, 0.15) is 42.9 Å². The number of aromatic nitrogens is 2. The van der Waals surface area contributed by atoms with Gasteiger partial charge in [-0.2, -0.15) is 5.10 Å². The van der Waals surface area contributed by atoms with Gasteiger partial charge in [0.15, 0.2) is 0 Å². The van der Waals surface area contributed by atoms with E-state index in [-0.39, 0.29) is 11.4 Å². The average Bonchev–Trinajstić information content (AvgIpc) is 3.28. The molecular weight excluding hydrogens is 376 g/mol. The standard InChI is InChI=1S/C21H27ClN4O2/c22-18-6-2-1-5-17(18)21(8-12-28-13-9-21)15-23-20(27)26-11-3-4-16(14-26)19-7-10-24-25-19/h1-2,5-7,10,16H,3-4,8-9,11-15H2,(H,23,27)(H,24,25). The van der Waals surface area contributed by atoms with Gasteiger partial charge in [-0.05, 0) is 43.4 Å². The van der Waals surface area contributed by atoms with E-state index in [2.05, 4.69) is 21.6 Å². The summed E-state index contributed by atoms with van der Waals surface area (Å²) in [6.07, 6.45) is 5.56. The molecular formula is C21H27ClN4O2. The summed E-state index contributed by atoms with van der Waals surface area (Å²) in [5, 5.41) is 11.1. The van der Waals surface area contributed by atoms with E-state index in [4.69, 9.17) is 16.3 Å². The van der Waals surface area contributed by atoms with Crippen LogP contribution in [0.4, 0.5) is 4.79 Å². The van der Waals surface area contributed by atoms with Gasteiger partial charge in [-0.15, -0.1) is 0 Å². The molecule has 2 saturated heterocycles. The van der Waals surface area contributed by atoms with Crippen molar-refractivity contribution in [3.8, 4) is 0 Å². The Morgan fingerprint density at radius 1 is 1.32 bits per heavy atom. The van der Waals surface area contributed by atoms with Crippen LogP contribution < -0.4 is 5.32 Å². The minimum absolute atomic E-state index is 0.00198. The number of aromatic amines is 1. The van der Waals surface area contributed by atoms with Gasteiger partial charge in [-0.25, -0.2) is 4.79 Å². The van der Waals surface area contributed by atoms with Crippen molar-refractivity contribution < 1.29 is 9.53 Å². The molecule has 2 aliphatic heterocycles. The number of likely N-dealkylation sites (tertiary alicyclic amines) is 1. The first kappa shape index (κ1) is 19.3. The van der Waals surface area contributed by atoms with Gasteiger partial charge >= 0.3 is 6.03 Å². The fourth-order valence-electron chi connectivity index (χ4n) is 4.46. The predicted octanol–water partition coefficient (Wildman–Crippen LogP) is 3.70. The number of rotatable bonds is 4. The minimum Gasteiger partial charge on any atom is -0.381 e. The monoisotopic (exact) mass is 402 g/mol. The molecule has 2 N–H and O–H groups in total. The zero-order valence-electron chi connectivity index (χ0n) is 16.0. The highest BCUT2D eigenvalue weighted by Gasteiger charge is 2.37. The third-order valence-corrected chi connectivity index (χ3v) is 6.47. The van der Waals surface area contributed by atoms with Gasteiger partial charge in [0.05, 0.1) is 0 Å². The van der Waals surface area contributed by atoms with E-state index in [1.807, 2.05) is 29.2 Å². The first-order chi connectivity index (χ1) is 13.7. The molecule has 4 rings (SSSR count). The third-order valence-electron chi connectivity index (χ3n) is 6.14. The maximum Gasteiger partial charge on any atom is 0.317 e. The Kier molecular flexibility index (Phi) is 5.87. The van der Waals surface area contributed by atoms with Gasteiger partial charge in [0.1, 0.15) is 0 Å². The van der Waals surface area contributed by atoms with Crippen LogP contribution in [-0.2, 0) is 10.2 Å². The van der Waals surface area contributed by atoms with Gasteiger partial charge < -0.3 is 15.0 Å². The van der Waals surface area contributed by atoms with Gasteiger partial charge in [0.25, 0.3) is 0 Å². The number of hydrogen-bond acceptors (Lipinski definition) is 3. The highest BCUT2D eigenvalue weighted by atomic mass is 35.5. The lowest BCUT2D eigenvalue weighted by atomic mass is 9.74. The highest BCUT2D eigenvalue weighted by molar-refractivity contribution is 6.31. The summed E-state index contributed by atoms with van der Waals surface area (Å²) < 4.78 is 5.59. The summed E-state index contributed by atoms with van der Waals surface area (Å²) >= 11 is 6.51. The zero-order valence-corrected chi connectivity index (χ0v) is 16.8. The van der Waals surface area contributed by atoms with E-state index in [0.717, 1.165) is 55.1 Å². The average molecular weight is 403 g/mol. The minimum atomic E-state index is -0.176. The second-order valence-electron chi connectivity index (χ2n) is 7.83. The van der Waals surface area contributed by atoms with Crippen LogP contribution in [-0.4, -0.2) is 54.0 Å². The summed E-state index contributed by atoms with van der Waals surface area (Å²) in [5.74, 6) is 0.322. The molecule has 1 aromatic heterocycles. The van der Waals surface area contributed by atoms with Crippen molar-refractivity contribution in [3.05, 3.63) is 52.8 Å². The van der Waals surface area contributed by atoms with Crippen LogP contribution in [0.15, 0.2) is 36.5 Å². The van der Waals surface area contributed by atoms with Crippen molar-refractivity contribution in [2.24, 2.45) is 0 Å². The van der Waals surface area contributed by atoms with Crippen molar-refractivity contribution in [3.63, 3.8) is 0 Å². The molecule has 2 aliphatic rings. The first-order valence-electron chi connectivity index (χ1n) is 10.0. The number of carbonyl (C=O) groups excluding carboxylic acids is 1. The zero-order chi connectivity index (χ0) is 19.4. The Morgan fingerprint density at radius 3 is 2.89 bits per heavy atom. The van der Waals surface area contributed by atoms with Crippen LogP contribution >= 0.6 is 11.6 Å². The molecule has 150 valence electrons. The molecule has 1 unspecified atom stereocenters. The Labute approximate surface area is 170 Å². The van der Waals surface area contributed by atoms with Gasteiger partial charge in [-0.3, -0.25) is 5.10 Å². The smallest absolute Gasteiger partial charge is 0.317 e. The number of piperidine rings is 1. The number of carbonyl (C=O) groups is 1. The second kappa shape index (κ2) is 8.53. The largest absolute Gasteiger partial charge is 0.381 e. The summed E-state index contributed by atoms with van der Waals surface area (Å²) in [4.78, 5) is 14.9. The van der Waals surface area contributed by atoms with Gasteiger partial charge in [0, 0.05) is 61.1 Å². The molecule has 2 amide bonds. The number of hydrogen-bond donors (Lipinski definition) is 2. The van der Waals surface area contributed by atoms with E-state index in [1.165, 1.54) is 0 Å². The number of nitrogens with one attached hydrogen (secondary N) is 2. The van der Waals surface area contributed by atoms with Crippen molar-refractivity contribution >= 4 is 17.6 Å². The quantitative estimate of drug-likeness (QED) is 0.819. The summed E-state index contributed by atoms with van der Waals surface area (Å²) in [6.45, 7) is 3.46. The highest BCUT2D eigenvalue weighted by Crippen LogP contribution is 2.38. The number of urea groups is 1. The molecule has 0 aliphatic carbocycles. The first-order valence-corrected chi connectivity index (χ1v) is 10.4. The van der Waals surface area contributed by atoms with E-state index in [1.54, 1.807) is 6.20 Å². The SMILES string of the molecule is O=C(NCC1(c2ccccc2Cl)CCOCC1)N1CCCC(c2ccn[nH]2)C1. The molecule has 2 aromatic rings. The van der Waals surface area contributed by atoms with Crippen LogP contribution in [0.3, 0.4) is 0 Å². The van der Waals surface area contributed by atoms with Gasteiger partial charge in [-0.1, -0.05) is 29.8 Å².